The molecule has 0 saturated carbocycles. The minimum Gasteiger partial charge on any atom is -0.246 e. The van der Waals surface area contributed by atoms with Crippen LogP contribution in [0.4, 0.5) is 0 Å². The van der Waals surface area contributed by atoms with Gasteiger partial charge in [0.15, 0.2) is 0 Å². The first-order valence-corrected chi connectivity index (χ1v) is 6.37. The second-order valence-corrected chi connectivity index (χ2v) is 5.22. The van der Waals surface area contributed by atoms with Gasteiger partial charge in [-0.15, -0.1) is 0 Å². The van der Waals surface area contributed by atoms with E-state index < -0.39 is 0 Å². The van der Waals surface area contributed by atoms with E-state index >= 15 is 0 Å². The highest BCUT2D eigenvalue weighted by atomic mass is 35.5. The number of aryl methyl sites for hydroxylation is 3. The predicted molar refractivity (Wildman–Crippen MR) is 69.6 cm³/mol. The average Bonchev–Trinajstić information content (AvgIpc) is 2.13. The molecule has 0 radical (unpaired) electrons. The molecule has 88 valence electrons. The number of pyridine rings is 1. The first-order valence-electron chi connectivity index (χ1n) is 5.17. The maximum absolute atomic E-state index is 5.82. The van der Waals surface area contributed by atoms with Crippen molar-refractivity contribution in [1.82, 2.24) is 15.0 Å². The lowest BCUT2D eigenvalue weighted by atomic mass is 10.3. The van der Waals surface area contributed by atoms with Gasteiger partial charge in [-0.25, -0.2) is 15.0 Å². The third kappa shape index (κ3) is 3.41. The molecule has 0 spiro atoms. The van der Waals surface area contributed by atoms with E-state index in [0.717, 1.165) is 21.4 Å². The number of nitrogens with zero attached hydrogens (tertiary/aromatic N) is 3. The SMILES string of the molecule is Cc1cc(C)nc(Sc2cc(C)nc(Cl)n2)c1. The Morgan fingerprint density at radius 3 is 2.18 bits per heavy atom. The van der Waals surface area contributed by atoms with E-state index in [1.807, 2.05) is 32.0 Å². The summed E-state index contributed by atoms with van der Waals surface area (Å²) in [7, 11) is 0. The van der Waals surface area contributed by atoms with Crippen molar-refractivity contribution in [2.24, 2.45) is 0 Å². The minimum atomic E-state index is 0.275. The molecule has 0 fully saturated rings. The van der Waals surface area contributed by atoms with Crippen LogP contribution in [0, 0.1) is 20.8 Å². The molecule has 3 nitrogen and oxygen atoms in total. The molecule has 0 N–H and O–H groups in total. The summed E-state index contributed by atoms with van der Waals surface area (Å²) in [5.41, 5.74) is 3.05. The third-order valence-corrected chi connectivity index (χ3v) is 3.09. The topological polar surface area (TPSA) is 38.7 Å². The molecule has 5 heteroatoms. The molecule has 0 atom stereocenters. The molecule has 0 unspecified atom stereocenters. The molecular weight excluding hydrogens is 254 g/mol. The molecule has 0 aliphatic carbocycles. The summed E-state index contributed by atoms with van der Waals surface area (Å²) in [6.45, 7) is 5.93. The Kier molecular flexibility index (Phi) is 3.64. The van der Waals surface area contributed by atoms with Crippen molar-refractivity contribution >= 4 is 23.4 Å². The Balaban J connectivity index is 2.31. The summed E-state index contributed by atoms with van der Waals surface area (Å²) in [5.74, 6) is 0. The number of halogens is 1. The summed E-state index contributed by atoms with van der Waals surface area (Å²) in [6.07, 6.45) is 0. The van der Waals surface area contributed by atoms with Gasteiger partial charge in [0, 0.05) is 11.4 Å². The van der Waals surface area contributed by atoms with Crippen molar-refractivity contribution in [2.45, 2.75) is 30.8 Å². The van der Waals surface area contributed by atoms with Crippen molar-refractivity contribution in [3.63, 3.8) is 0 Å². The minimum absolute atomic E-state index is 0.275. The van der Waals surface area contributed by atoms with Crippen LogP contribution in [0.5, 0.6) is 0 Å². The van der Waals surface area contributed by atoms with Gasteiger partial charge in [-0.1, -0.05) is 0 Å². The Hall–Kier alpha value is -1.13. The van der Waals surface area contributed by atoms with E-state index in [4.69, 9.17) is 11.6 Å². The van der Waals surface area contributed by atoms with Gasteiger partial charge in [-0.05, 0) is 67.9 Å². The zero-order valence-electron chi connectivity index (χ0n) is 9.86. The third-order valence-electron chi connectivity index (χ3n) is 2.09. The Morgan fingerprint density at radius 1 is 0.882 bits per heavy atom. The molecule has 0 amide bonds. The summed E-state index contributed by atoms with van der Waals surface area (Å²) < 4.78 is 0. The highest BCUT2D eigenvalue weighted by molar-refractivity contribution is 7.99. The highest BCUT2D eigenvalue weighted by Gasteiger charge is 2.04. The monoisotopic (exact) mass is 265 g/mol. The summed E-state index contributed by atoms with van der Waals surface area (Å²) in [6, 6.07) is 5.97. The fraction of sp³-hybridized carbons (Fsp3) is 0.250. The maximum atomic E-state index is 5.82. The van der Waals surface area contributed by atoms with Crippen LogP contribution in [0.25, 0.3) is 0 Å². The van der Waals surface area contributed by atoms with E-state index in [1.54, 1.807) is 0 Å². The fourth-order valence-electron chi connectivity index (χ4n) is 1.52. The van der Waals surface area contributed by atoms with Crippen molar-refractivity contribution < 1.29 is 0 Å². The summed E-state index contributed by atoms with van der Waals surface area (Å²) in [5, 5.41) is 2.02. The van der Waals surface area contributed by atoms with Crippen LogP contribution in [-0.2, 0) is 0 Å². The lowest BCUT2D eigenvalue weighted by Gasteiger charge is -2.04. The number of hydrogen-bond acceptors (Lipinski definition) is 4. The second kappa shape index (κ2) is 5.02. The Bertz CT molecular complexity index is 467. The molecule has 2 rings (SSSR count). The first-order chi connectivity index (χ1) is 8.02. The smallest absolute Gasteiger partial charge is 0.223 e. The van der Waals surface area contributed by atoms with Gasteiger partial charge in [-0.3, -0.25) is 0 Å². The highest BCUT2D eigenvalue weighted by Crippen LogP contribution is 2.26. The zero-order valence-corrected chi connectivity index (χ0v) is 11.4. The van der Waals surface area contributed by atoms with Crippen LogP contribution in [0.2, 0.25) is 5.28 Å². The van der Waals surface area contributed by atoms with E-state index in [1.165, 1.54) is 17.3 Å². The molecule has 17 heavy (non-hydrogen) atoms. The van der Waals surface area contributed by atoms with Crippen LogP contribution >= 0.6 is 23.4 Å². The molecule has 0 bridgehead atoms. The van der Waals surface area contributed by atoms with E-state index in [-0.39, 0.29) is 5.28 Å². The largest absolute Gasteiger partial charge is 0.246 e. The number of rotatable bonds is 2. The predicted octanol–water partition coefficient (Wildman–Crippen LogP) is 3.60. The number of aromatic nitrogens is 3. The number of hydrogen-bond donors (Lipinski definition) is 0. The van der Waals surface area contributed by atoms with Crippen molar-refractivity contribution in [3.8, 4) is 0 Å². The van der Waals surface area contributed by atoms with Crippen molar-refractivity contribution in [3.05, 3.63) is 40.4 Å². The molecule has 2 aromatic rings. The van der Waals surface area contributed by atoms with Gasteiger partial charge in [0.25, 0.3) is 0 Å². The maximum Gasteiger partial charge on any atom is 0.223 e. The van der Waals surface area contributed by atoms with Crippen LogP contribution in [0.1, 0.15) is 17.0 Å². The van der Waals surface area contributed by atoms with Crippen LogP contribution in [0.3, 0.4) is 0 Å². The van der Waals surface area contributed by atoms with Gasteiger partial charge in [-0.2, -0.15) is 0 Å². The first kappa shape index (κ1) is 12.3. The standard InChI is InChI=1S/C12H12ClN3S/c1-7-4-8(2)14-10(5-7)17-11-6-9(3)15-12(13)16-11/h4-6H,1-3H3. The van der Waals surface area contributed by atoms with E-state index in [9.17, 15) is 0 Å². The van der Waals surface area contributed by atoms with E-state index in [2.05, 4.69) is 21.9 Å². The van der Waals surface area contributed by atoms with Gasteiger partial charge in [0.1, 0.15) is 10.1 Å². The summed E-state index contributed by atoms with van der Waals surface area (Å²) >= 11 is 7.32. The van der Waals surface area contributed by atoms with Crippen molar-refractivity contribution in [2.75, 3.05) is 0 Å². The Morgan fingerprint density at radius 2 is 1.53 bits per heavy atom. The van der Waals surface area contributed by atoms with Gasteiger partial charge in [0.05, 0.1) is 0 Å². The molecule has 0 aliphatic rings. The zero-order chi connectivity index (χ0) is 12.4. The molecule has 0 saturated heterocycles. The Labute approximate surface area is 110 Å². The molecule has 0 aromatic carbocycles. The molecule has 2 aromatic heterocycles. The average molecular weight is 266 g/mol. The van der Waals surface area contributed by atoms with Gasteiger partial charge in [0.2, 0.25) is 5.28 Å². The lowest BCUT2D eigenvalue weighted by Crippen LogP contribution is -1.91. The quantitative estimate of drug-likeness (QED) is 0.614. The normalized spacial score (nSPS) is 10.6. The fourth-order valence-corrected chi connectivity index (χ4v) is 2.81. The van der Waals surface area contributed by atoms with Crippen molar-refractivity contribution in [1.29, 1.82) is 0 Å². The van der Waals surface area contributed by atoms with Crippen LogP contribution in [-0.4, -0.2) is 15.0 Å². The lowest BCUT2D eigenvalue weighted by molar-refractivity contribution is 0.993. The molecule has 2 heterocycles. The molecular formula is C12H12ClN3S. The van der Waals surface area contributed by atoms with E-state index in [0.29, 0.717) is 0 Å². The second-order valence-electron chi connectivity index (χ2n) is 3.84. The van der Waals surface area contributed by atoms with Gasteiger partial charge >= 0.3 is 0 Å². The summed E-state index contributed by atoms with van der Waals surface area (Å²) in [4.78, 5) is 12.6. The molecule has 0 aliphatic heterocycles. The van der Waals surface area contributed by atoms with Gasteiger partial charge < -0.3 is 0 Å². The van der Waals surface area contributed by atoms with Crippen LogP contribution < -0.4 is 0 Å². The van der Waals surface area contributed by atoms with Crippen LogP contribution in [0.15, 0.2) is 28.3 Å².